The zero-order valence-corrected chi connectivity index (χ0v) is 21.6. The summed E-state index contributed by atoms with van der Waals surface area (Å²) in [6, 6.07) is -1.54. The third-order valence-corrected chi connectivity index (χ3v) is 8.84. The van der Waals surface area contributed by atoms with Gasteiger partial charge in [-0.05, 0) is 46.0 Å². The van der Waals surface area contributed by atoms with E-state index in [2.05, 4.69) is 39.1 Å². The topological polar surface area (TPSA) is 77.7 Å². The van der Waals surface area contributed by atoms with E-state index in [0.717, 1.165) is 26.2 Å². The lowest BCUT2D eigenvalue weighted by Gasteiger charge is -2.48. The first-order valence-electron chi connectivity index (χ1n) is 13.5. The molecule has 2 saturated heterocycles. The molecule has 202 valence electrons. The Morgan fingerprint density at radius 1 is 1.11 bits per heavy atom. The van der Waals surface area contributed by atoms with Crippen LogP contribution in [0.15, 0.2) is 4.52 Å². The molecule has 2 saturated carbocycles. The Bertz CT molecular complexity index is 927. The van der Waals surface area contributed by atoms with Gasteiger partial charge in [0.05, 0.1) is 5.92 Å². The summed E-state index contributed by atoms with van der Waals surface area (Å²) in [5.74, 6) is -2.34. The fourth-order valence-corrected chi connectivity index (χ4v) is 6.03. The van der Waals surface area contributed by atoms with Crippen molar-refractivity contribution in [2.24, 2.45) is 0 Å². The molecule has 0 unspecified atom stereocenters. The first-order valence-corrected chi connectivity index (χ1v) is 13.5. The fraction of sp³-hybridized carbons (Fsp3) is 0.880. The highest BCUT2D eigenvalue weighted by atomic mass is 19.3. The molecule has 0 radical (unpaired) electrons. The number of aromatic nitrogens is 2. The molecule has 5 rings (SSSR count). The molecule has 1 aromatic rings. The monoisotopic (exact) mass is 512 g/mol. The first-order chi connectivity index (χ1) is 17.1. The van der Waals surface area contributed by atoms with Crippen LogP contribution in [-0.4, -0.2) is 100 Å². The number of alkyl halides is 3. The second-order valence-electron chi connectivity index (χ2n) is 11.7. The molecule has 0 spiro atoms. The van der Waals surface area contributed by atoms with Crippen LogP contribution >= 0.6 is 0 Å². The number of hydrogen-bond donors (Lipinski definition) is 1. The van der Waals surface area contributed by atoms with Gasteiger partial charge in [-0.15, -0.1) is 0 Å². The number of halogens is 3. The van der Waals surface area contributed by atoms with Gasteiger partial charge in [0.1, 0.15) is 12.2 Å². The minimum Gasteiger partial charge on any atom is -0.339 e. The summed E-state index contributed by atoms with van der Waals surface area (Å²) < 4.78 is 48.9. The van der Waals surface area contributed by atoms with Crippen LogP contribution in [-0.2, 0) is 5.41 Å². The van der Waals surface area contributed by atoms with Crippen molar-refractivity contribution >= 4 is 6.03 Å². The van der Waals surface area contributed by atoms with Gasteiger partial charge < -0.3 is 14.7 Å². The Morgan fingerprint density at radius 2 is 1.78 bits per heavy atom. The molecule has 4 aliphatic rings. The fourth-order valence-electron chi connectivity index (χ4n) is 6.03. The number of carbonyl (C=O) groups is 1. The van der Waals surface area contributed by atoms with Crippen molar-refractivity contribution in [1.82, 2.24) is 30.2 Å². The summed E-state index contributed by atoms with van der Waals surface area (Å²) >= 11 is 0. The highest BCUT2D eigenvalue weighted by Gasteiger charge is 2.51. The molecule has 0 bridgehead atoms. The van der Waals surface area contributed by atoms with Gasteiger partial charge in [-0.25, -0.2) is 18.0 Å². The number of urea groups is 1. The normalized spacial score (nSPS) is 33.0. The van der Waals surface area contributed by atoms with Crippen molar-refractivity contribution < 1.29 is 22.5 Å². The minimum absolute atomic E-state index is 0.195. The molecule has 2 amide bonds. The van der Waals surface area contributed by atoms with E-state index in [4.69, 9.17) is 4.52 Å². The van der Waals surface area contributed by atoms with Crippen molar-refractivity contribution in [2.45, 2.75) is 101 Å². The second-order valence-corrected chi connectivity index (χ2v) is 11.7. The summed E-state index contributed by atoms with van der Waals surface area (Å²) in [7, 11) is 0. The van der Waals surface area contributed by atoms with E-state index < -0.39 is 29.6 Å². The van der Waals surface area contributed by atoms with Gasteiger partial charge in [0.2, 0.25) is 5.89 Å². The van der Waals surface area contributed by atoms with Crippen LogP contribution in [0.2, 0.25) is 0 Å². The number of piperidine rings is 1. The van der Waals surface area contributed by atoms with E-state index in [1.165, 1.54) is 0 Å². The Hall–Kier alpha value is -1.88. The zero-order chi connectivity index (χ0) is 25.7. The molecule has 2 aliphatic heterocycles. The highest BCUT2D eigenvalue weighted by molar-refractivity contribution is 5.75. The summed E-state index contributed by atoms with van der Waals surface area (Å²) in [6.07, 6.45) is 1.63. The summed E-state index contributed by atoms with van der Waals surface area (Å²) in [4.78, 5) is 23.7. The van der Waals surface area contributed by atoms with E-state index >= 15 is 8.78 Å². The predicted molar refractivity (Wildman–Crippen MR) is 128 cm³/mol. The number of likely N-dealkylation sites (tertiary alicyclic amines) is 1. The minimum atomic E-state index is -2.93. The van der Waals surface area contributed by atoms with Crippen molar-refractivity contribution in [2.75, 3.05) is 39.3 Å². The molecule has 36 heavy (non-hydrogen) atoms. The lowest BCUT2D eigenvalue weighted by Crippen LogP contribution is -2.66. The molecule has 1 aromatic heterocycles. The number of nitrogens with one attached hydrogen (secondary N) is 1. The number of carbonyl (C=O) groups excluding carboxylic acids is 1. The third-order valence-electron chi connectivity index (χ3n) is 8.84. The Labute approximate surface area is 210 Å². The van der Waals surface area contributed by atoms with Crippen molar-refractivity contribution in [1.29, 1.82) is 0 Å². The molecule has 0 aromatic carbocycles. The maximum atomic E-state index is 15.1. The average Bonchev–Trinajstić information content (AvgIpc) is 3.36. The van der Waals surface area contributed by atoms with Gasteiger partial charge in [0, 0.05) is 63.2 Å². The van der Waals surface area contributed by atoms with Crippen LogP contribution in [0.5, 0.6) is 0 Å². The van der Waals surface area contributed by atoms with Gasteiger partial charge in [-0.2, -0.15) is 4.98 Å². The molecule has 8 nitrogen and oxygen atoms in total. The van der Waals surface area contributed by atoms with E-state index in [0.29, 0.717) is 63.0 Å². The Kier molecular flexibility index (Phi) is 6.99. The van der Waals surface area contributed by atoms with Crippen molar-refractivity contribution in [3.05, 3.63) is 11.7 Å². The summed E-state index contributed by atoms with van der Waals surface area (Å²) in [5.41, 5.74) is -0.396. The maximum Gasteiger partial charge on any atom is 0.317 e. The van der Waals surface area contributed by atoms with E-state index in [1.807, 2.05) is 6.92 Å². The third kappa shape index (κ3) is 5.10. The van der Waals surface area contributed by atoms with Gasteiger partial charge in [0.25, 0.3) is 5.92 Å². The van der Waals surface area contributed by atoms with E-state index in [1.54, 1.807) is 4.90 Å². The van der Waals surface area contributed by atoms with Crippen LogP contribution in [0.3, 0.4) is 0 Å². The molecular weight excluding hydrogens is 473 g/mol. The average molecular weight is 513 g/mol. The molecular formula is C25H39F3N6O2. The SMILES string of the molecule is CC(C)N1CCN([C@@H]2CCCC(F)(F)[C@H]2NC(=O)N2CCC(C)(c3noc([C@H]4C[C@H]4F)n3)CC2)CC1. The van der Waals surface area contributed by atoms with Gasteiger partial charge in [-0.1, -0.05) is 12.1 Å². The van der Waals surface area contributed by atoms with Crippen LogP contribution in [0.4, 0.5) is 18.0 Å². The predicted octanol–water partition coefficient (Wildman–Crippen LogP) is 3.54. The summed E-state index contributed by atoms with van der Waals surface area (Å²) in [6.45, 7) is 10.3. The molecule has 11 heteroatoms. The number of rotatable bonds is 5. The first kappa shape index (κ1) is 25.8. The Balaban J connectivity index is 1.20. The smallest absolute Gasteiger partial charge is 0.317 e. The van der Waals surface area contributed by atoms with Crippen LogP contribution in [0.1, 0.15) is 76.9 Å². The Morgan fingerprint density at radius 3 is 2.39 bits per heavy atom. The molecule has 4 fully saturated rings. The lowest BCUT2D eigenvalue weighted by molar-refractivity contribution is -0.0973. The number of hydrogen-bond acceptors (Lipinski definition) is 6. The molecule has 3 heterocycles. The van der Waals surface area contributed by atoms with E-state index in [9.17, 15) is 9.18 Å². The zero-order valence-electron chi connectivity index (χ0n) is 21.6. The molecule has 2 aliphatic carbocycles. The lowest BCUT2D eigenvalue weighted by atomic mass is 9.79. The van der Waals surface area contributed by atoms with E-state index in [-0.39, 0.29) is 18.4 Å². The van der Waals surface area contributed by atoms with Crippen LogP contribution < -0.4 is 5.32 Å². The number of amides is 2. The quantitative estimate of drug-likeness (QED) is 0.651. The summed E-state index contributed by atoms with van der Waals surface area (Å²) in [5, 5.41) is 6.84. The van der Waals surface area contributed by atoms with Gasteiger partial charge in [0.15, 0.2) is 5.82 Å². The molecule has 4 atom stereocenters. The van der Waals surface area contributed by atoms with Gasteiger partial charge in [-0.3, -0.25) is 9.80 Å². The van der Waals surface area contributed by atoms with Crippen LogP contribution in [0.25, 0.3) is 0 Å². The highest BCUT2D eigenvalue weighted by Crippen LogP contribution is 2.44. The molecule has 1 N–H and O–H groups in total. The second kappa shape index (κ2) is 9.78. The number of nitrogens with zero attached hydrogens (tertiary/aromatic N) is 5. The number of piperazine rings is 1. The largest absolute Gasteiger partial charge is 0.339 e. The van der Waals surface area contributed by atoms with Crippen LogP contribution in [0, 0.1) is 0 Å². The standard InChI is InChI=1S/C25H39F3N6O2/c1-16(2)32-11-13-33(14-12-32)19-5-4-6-25(27,28)20(19)29-23(35)34-9-7-24(3,8-10-34)22-30-21(36-31-22)17-15-18(17)26/h16-20H,4-15H2,1-3H3,(H,29,35)/t17-,18+,19+,20-/m0/s1. The maximum absolute atomic E-state index is 15.1. The van der Waals surface area contributed by atoms with Crippen molar-refractivity contribution in [3.63, 3.8) is 0 Å². The van der Waals surface area contributed by atoms with Crippen molar-refractivity contribution in [3.8, 4) is 0 Å². The van der Waals surface area contributed by atoms with Gasteiger partial charge >= 0.3 is 6.03 Å².